The average Bonchev–Trinajstić information content (AvgIpc) is 3.74. The summed E-state index contributed by atoms with van der Waals surface area (Å²) in [5.74, 6) is 0.702. The lowest BCUT2D eigenvalue weighted by Crippen LogP contribution is -2.35. The van der Waals surface area contributed by atoms with Gasteiger partial charge >= 0.3 is 0 Å². The summed E-state index contributed by atoms with van der Waals surface area (Å²) in [5.41, 5.74) is 3.62. The molecule has 1 aliphatic carbocycles. The summed E-state index contributed by atoms with van der Waals surface area (Å²) in [6.07, 6.45) is 7.69. The minimum atomic E-state index is -0.101. The summed E-state index contributed by atoms with van der Waals surface area (Å²) in [5, 5.41) is 22.5. The molecule has 2 fully saturated rings. The Morgan fingerprint density at radius 3 is 2.54 bits per heavy atom. The van der Waals surface area contributed by atoms with Crippen LogP contribution in [0.25, 0.3) is 5.57 Å². The molecule has 1 aromatic carbocycles. The number of ether oxygens (including phenoxy) is 1. The number of aryl methyl sites for hydroxylation is 1. The van der Waals surface area contributed by atoms with Crippen molar-refractivity contribution in [3.05, 3.63) is 59.3 Å². The maximum Gasteiger partial charge on any atom is 0.228 e. The zero-order valence-electron chi connectivity index (χ0n) is 21.6. The first-order chi connectivity index (χ1) is 17.7. The summed E-state index contributed by atoms with van der Waals surface area (Å²) in [7, 11) is 0. The highest BCUT2D eigenvalue weighted by atomic mass is 16.5. The first kappa shape index (κ1) is 26.4. The van der Waals surface area contributed by atoms with Crippen LogP contribution in [0.15, 0.2) is 42.6 Å². The second kappa shape index (κ2) is 11.6. The van der Waals surface area contributed by atoms with Crippen LogP contribution in [0, 0.1) is 35.5 Å². The van der Waals surface area contributed by atoms with Gasteiger partial charge in [0.05, 0.1) is 11.8 Å². The summed E-state index contributed by atoms with van der Waals surface area (Å²) < 4.78 is 5.80. The van der Waals surface area contributed by atoms with Gasteiger partial charge in [0.2, 0.25) is 11.8 Å². The van der Waals surface area contributed by atoms with Gasteiger partial charge in [0.25, 0.3) is 0 Å². The molecule has 2 atom stereocenters. The van der Waals surface area contributed by atoms with Gasteiger partial charge in [0, 0.05) is 47.7 Å². The Hall–Kier alpha value is -3.65. The van der Waals surface area contributed by atoms with Crippen molar-refractivity contribution < 1.29 is 14.3 Å². The SMILES string of the molecule is Cc1ccc(NC(=O)C2CCOC(C(C)C)C2)cc1C(=N)/C=C(\C=N)c1ccnc(NC(=O)C2CC2)c1. The molecule has 4 rings (SSSR count). The van der Waals surface area contributed by atoms with Crippen LogP contribution in [-0.4, -0.2) is 41.4 Å². The molecule has 2 aromatic rings. The zero-order chi connectivity index (χ0) is 26.5. The van der Waals surface area contributed by atoms with Gasteiger partial charge in [0.1, 0.15) is 5.82 Å². The maximum absolute atomic E-state index is 13.0. The molecule has 2 amide bonds. The molecule has 1 saturated carbocycles. The van der Waals surface area contributed by atoms with Crippen molar-refractivity contribution in [3.8, 4) is 0 Å². The van der Waals surface area contributed by atoms with Crippen LogP contribution in [0.4, 0.5) is 11.5 Å². The van der Waals surface area contributed by atoms with Crippen molar-refractivity contribution in [1.82, 2.24) is 4.98 Å². The summed E-state index contributed by atoms with van der Waals surface area (Å²) in [4.78, 5) is 29.3. The van der Waals surface area contributed by atoms with Gasteiger partial charge in [-0.15, -0.1) is 0 Å². The number of hydrogen-bond acceptors (Lipinski definition) is 6. The van der Waals surface area contributed by atoms with E-state index in [0.717, 1.165) is 18.4 Å². The number of anilines is 2. The second-order valence-corrected chi connectivity index (χ2v) is 10.2. The van der Waals surface area contributed by atoms with Crippen molar-refractivity contribution in [2.24, 2.45) is 17.8 Å². The highest BCUT2D eigenvalue weighted by Gasteiger charge is 2.30. The smallest absolute Gasteiger partial charge is 0.228 e. The number of rotatable bonds is 9. The largest absolute Gasteiger partial charge is 0.378 e. The fourth-order valence-electron chi connectivity index (χ4n) is 4.46. The van der Waals surface area contributed by atoms with E-state index in [4.69, 9.17) is 15.6 Å². The zero-order valence-corrected chi connectivity index (χ0v) is 21.6. The van der Waals surface area contributed by atoms with Crippen LogP contribution in [0.5, 0.6) is 0 Å². The number of carbonyl (C=O) groups is 2. The Kier molecular flexibility index (Phi) is 8.28. The van der Waals surface area contributed by atoms with Gasteiger partial charge in [-0.05, 0) is 80.0 Å². The van der Waals surface area contributed by atoms with Crippen LogP contribution >= 0.6 is 0 Å². The Bertz CT molecular complexity index is 1230. The molecule has 1 aliphatic heterocycles. The van der Waals surface area contributed by atoms with Crippen LogP contribution < -0.4 is 10.6 Å². The Labute approximate surface area is 217 Å². The van der Waals surface area contributed by atoms with Crippen molar-refractivity contribution in [2.45, 2.75) is 52.6 Å². The molecular weight excluding hydrogens is 466 g/mol. The quantitative estimate of drug-likeness (QED) is 0.351. The third-order valence-electron chi connectivity index (χ3n) is 6.97. The number of hydrogen-bond donors (Lipinski definition) is 4. The Balaban J connectivity index is 1.49. The van der Waals surface area contributed by atoms with Crippen LogP contribution in [-0.2, 0) is 14.3 Å². The van der Waals surface area contributed by atoms with Crippen molar-refractivity contribution in [2.75, 3.05) is 17.2 Å². The fourth-order valence-corrected chi connectivity index (χ4v) is 4.46. The van der Waals surface area contributed by atoms with E-state index in [-0.39, 0.29) is 35.5 Å². The number of benzene rings is 1. The fraction of sp³-hybridized carbons (Fsp3) is 0.414. The van der Waals surface area contributed by atoms with Crippen molar-refractivity contribution >= 4 is 40.8 Å². The Morgan fingerprint density at radius 1 is 1.08 bits per heavy atom. The van der Waals surface area contributed by atoms with E-state index < -0.39 is 0 Å². The topological polar surface area (TPSA) is 128 Å². The number of amides is 2. The molecule has 0 spiro atoms. The number of allylic oxidation sites excluding steroid dienone is 2. The molecule has 1 aromatic heterocycles. The van der Waals surface area contributed by atoms with Gasteiger partial charge in [-0.3, -0.25) is 9.59 Å². The third-order valence-corrected chi connectivity index (χ3v) is 6.97. The van der Waals surface area contributed by atoms with Gasteiger partial charge in [-0.25, -0.2) is 4.98 Å². The van der Waals surface area contributed by atoms with Crippen molar-refractivity contribution in [3.63, 3.8) is 0 Å². The molecule has 37 heavy (non-hydrogen) atoms. The van der Waals surface area contributed by atoms with Gasteiger partial charge in [0.15, 0.2) is 0 Å². The average molecular weight is 502 g/mol. The lowest BCUT2D eigenvalue weighted by Gasteiger charge is -2.31. The van der Waals surface area contributed by atoms with E-state index in [1.807, 2.05) is 19.1 Å². The summed E-state index contributed by atoms with van der Waals surface area (Å²) in [6, 6.07) is 9.00. The number of nitrogens with one attached hydrogen (secondary N) is 4. The molecule has 0 radical (unpaired) electrons. The maximum atomic E-state index is 13.0. The lowest BCUT2D eigenvalue weighted by molar-refractivity contribution is -0.126. The van der Waals surface area contributed by atoms with Crippen LogP contribution in [0.3, 0.4) is 0 Å². The number of aromatic nitrogens is 1. The van der Waals surface area contributed by atoms with Gasteiger partial charge in [-0.2, -0.15) is 0 Å². The molecular formula is C29H35N5O3. The van der Waals surface area contributed by atoms with E-state index >= 15 is 0 Å². The van der Waals surface area contributed by atoms with E-state index in [9.17, 15) is 9.59 Å². The normalized spacial score (nSPS) is 19.8. The second-order valence-electron chi connectivity index (χ2n) is 10.2. The minimum absolute atomic E-state index is 0.0245. The van der Waals surface area contributed by atoms with Gasteiger partial charge < -0.3 is 26.2 Å². The van der Waals surface area contributed by atoms with Gasteiger partial charge in [-0.1, -0.05) is 19.9 Å². The van der Waals surface area contributed by atoms with E-state index in [2.05, 4.69) is 29.5 Å². The number of pyridine rings is 1. The number of carbonyl (C=O) groups excluding carboxylic acids is 2. The molecule has 2 aliphatic rings. The van der Waals surface area contributed by atoms with E-state index in [0.29, 0.717) is 53.6 Å². The predicted molar refractivity (Wildman–Crippen MR) is 146 cm³/mol. The highest BCUT2D eigenvalue weighted by molar-refractivity contribution is 6.20. The summed E-state index contributed by atoms with van der Waals surface area (Å²) in [6.45, 7) is 6.71. The standard InChI is InChI=1S/C29H35N5O3/c1-17(2)26-13-21(9-11-37-26)29(36)33-23-7-4-18(3)24(15-23)25(31)12-22(16-30)20-8-10-32-27(14-20)34-28(35)19-5-6-19/h4,7-8,10,12,14-17,19,21,26,30-31H,5-6,9,11,13H2,1-3H3,(H,33,36)(H,32,34,35)/b22-12+,30-16?,31-25?. The molecule has 2 heterocycles. The van der Waals surface area contributed by atoms with E-state index in [1.54, 1.807) is 30.5 Å². The molecule has 8 nitrogen and oxygen atoms in total. The predicted octanol–water partition coefficient (Wildman–Crippen LogP) is 5.23. The summed E-state index contributed by atoms with van der Waals surface area (Å²) >= 11 is 0. The van der Waals surface area contributed by atoms with E-state index in [1.165, 1.54) is 6.21 Å². The minimum Gasteiger partial charge on any atom is -0.378 e. The first-order valence-electron chi connectivity index (χ1n) is 12.9. The Morgan fingerprint density at radius 2 is 1.84 bits per heavy atom. The molecule has 4 N–H and O–H groups in total. The first-order valence-corrected chi connectivity index (χ1v) is 12.9. The number of nitrogens with zero attached hydrogens (tertiary/aromatic N) is 1. The monoisotopic (exact) mass is 501 g/mol. The molecule has 0 bridgehead atoms. The molecule has 194 valence electrons. The van der Waals surface area contributed by atoms with Crippen LogP contribution in [0.1, 0.15) is 56.2 Å². The lowest BCUT2D eigenvalue weighted by atomic mass is 9.89. The van der Waals surface area contributed by atoms with Crippen LogP contribution in [0.2, 0.25) is 0 Å². The highest BCUT2D eigenvalue weighted by Crippen LogP contribution is 2.30. The third kappa shape index (κ3) is 6.77. The molecule has 2 unspecified atom stereocenters. The van der Waals surface area contributed by atoms with Crippen molar-refractivity contribution in [1.29, 1.82) is 10.8 Å². The molecule has 1 saturated heterocycles. The molecule has 8 heteroatoms.